The molecule has 7 rings (SSSR count). The van der Waals surface area contributed by atoms with E-state index in [9.17, 15) is 112 Å². The zero-order valence-corrected chi connectivity index (χ0v) is 43.6. The van der Waals surface area contributed by atoms with Crippen LogP contribution in [0.25, 0.3) is 0 Å². The fraction of sp³-hybridized carbons (Fsp3) is 0.956. The molecule has 7 aliphatic heterocycles. The molecule has 7 fully saturated rings. The third-order valence-electron chi connectivity index (χ3n) is 14.9. The average Bonchev–Trinajstić information content (AvgIpc) is 2.88. The standard InChI is InChI=1S/C45H76N2O35/c1-10(53)46-19-26(61)34(16(6-51)72-39(19)69)78-40-20(47-11(2)54)27(62)35(17(7-52)76-40)79-45-38(82-41-30(65)21(56)12(55)8-70-41)37(81-44-32(67)29(64)23(58)14(4-49)75-44)25(60)18(77-45)9-71-42-33(68)36(24(59)15(5-50)73-42)80-43-31(66)28(63)22(57)13(3-48)74-43/h12-45,48-52,55-69H,3-9H2,1-2H3,(H,46,53)(H,47,54)/t12-,13-,14-,15-,16-,17-,18-,19-,20-,21+,22-,23-,24-,25-,26-,27-,28+,29+,30-,31+,32+,33+,34-,35-,36+,37+,38+,39?,40+,41+,42+,43-,44-,45+/m1/s1. The van der Waals surface area contributed by atoms with Gasteiger partial charge in [-0.1, -0.05) is 0 Å². The molecule has 7 heterocycles. The first-order chi connectivity index (χ1) is 38.8. The molecule has 0 saturated carbocycles. The third-order valence-corrected chi connectivity index (χ3v) is 14.9. The Morgan fingerprint density at radius 2 is 0.768 bits per heavy atom. The van der Waals surface area contributed by atoms with Gasteiger partial charge >= 0.3 is 0 Å². The summed E-state index contributed by atoms with van der Waals surface area (Å²) in [4.78, 5) is 24.8. The SMILES string of the molecule is CC(=O)N[C@H]1[C@H](O[C@H]2[C@H](O)[C@@H](NC(C)=O)C(O)O[C@@H]2CO)O[C@H](CO)[C@@H](O[C@@H]2O[C@H](CO[C@H]3O[C@H](CO)[C@@H](O)[C@H](O[C@H]4O[C@H](CO)[C@@H](O)[C@H](O)[C@@H]4O)[C@@H]3O)[C@@H](O)[C@H](O[C@H]3O[C@H](CO)[C@@H](O)[C@H](O)[C@@H]3O)[C@@H]2O[C@@H]2OC[C@@H](O)[C@H](O)[C@H]2O)[C@@H]1O. The highest BCUT2D eigenvalue weighted by Gasteiger charge is 2.59. The van der Waals surface area contributed by atoms with Crippen LogP contribution in [0.2, 0.25) is 0 Å². The van der Waals surface area contributed by atoms with E-state index in [1.165, 1.54) is 0 Å². The van der Waals surface area contributed by atoms with E-state index in [2.05, 4.69) is 10.6 Å². The fourth-order valence-electron chi connectivity index (χ4n) is 10.4. The Morgan fingerprint density at radius 1 is 0.366 bits per heavy atom. The van der Waals surface area contributed by atoms with E-state index in [0.717, 1.165) is 13.8 Å². The Kier molecular flexibility index (Phi) is 23.8. The highest BCUT2D eigenvalue weighted by Crippen LogP contribution is 2.38. The minimum Gasteiger partial charge on any atom is -0.394 e. The van der Waals surface area contributed by atoms with Gasteiger partial charge in [0.15, 0.2) is 44.0 Å². The maximum atomic E-state index is 12.8. The predicted molar refractivity (Wildman–Crippen MR) is 249 cm³/mol. The number of aliphatic hydroxyl groups is 20. The van der Waals surface area contributed by atoms with Crippen molar-refractivity contribution in [3.63, 3.8) is 0 Å². The quantitative estimate of drug-likeness (QED) is 0.0538. The average molecular weight is 1210 g/mol. The van der Waals surface area contributed by atoms with E-state index in [1.54, 1.807) is 0 Å². The molecule has 0 aromatic heterocycles. The van der Waals surface area contributed by atoms with Crippen LogP contribution in [0.4, 0.5) is 0 Å². The van der Waals surface area contributed by atoms with Crippen LogP contribution < -0.4 is 10.6 Å². The van der Waals surface area contributed by atoms with Crippen molar-refractivity contribution in [2.45, 2.75) is 223 Å². The molecule has 1 unspecified atom stereocenters. The fourth-order valence-corrected chi connectivity index (χ4v) is 10.4. The second kappa shape index (κ2) is 29.1. The smallest absolute Gasteiger partial charge is 0.217 e. The number of amides is 2. The summed E-state index contributed by atoms with van der Waals surface area (Å²) < 4.78 is 75.5. The molecule has 0 radical (unpaired) electrons. The van der Waals surface area contributed by atoms with Crippen LogP contribution in [-0.2, 0) is 71.2 Å². The monoisotopic (exact) mass is 1200 g/mol. The van der Waals surface area contributed by atoms with Gasteiger partial charge in [-0.2, -0.15) is 0 Å². The molecule has 476 valence electrons. The minimum absolute atomic E-state index is 0.725. The van der Waals surface area contributed by atoms with Crippen LogP contribution in [0, 0.1) is 0 Å². The summed E-state index contributed by atoms with van der Waals surface area (Å²) in [5, 5.41) is 221. The molecular formula is C45H76N2O35. The van der Waals surface area contributed by atoms with Crippen LogP contribution in [0.5, 0.6) is 0 Å². The molecular weight excluding hydrogens is 1130 g/mol. The first kappa shape index (κ1) is 67.1. The van der Waals surface area contributed by atoms with Gasteiger partial charge in [0.05, 0.1) is 46.2 Å². The lowest BCUT2D eigenvalue weighted by Crippen LogP contribution is -2.71. The lowest BCUT2D eigenvalue weighted by molar-refractivity contribution is -0.404. The lowest BCUT2D eigenvalue weighted by Gasteiger charge is -2.51. The largest absolute Gasteiger partial charge is 0.394 e. The van der Waals surface area contributed by atoms with Crippen molar-refractivity contribution < 1.29 is 173 Å². The summed E-state index contributed by atoms with van der Waals surface area (Å²) in [6.45, 7) is -4.75. The summed E-state index contributed by atoms with van der Waals surface area (Å²) in [5.41, 5.74) is 0. The zero-order valence-electron chi connectivity index (χ0n) is 43.6. The normalized spacial score (nSPS) is 50.4. The van der Waals surface area contributed by atoms with Crippen molar-refractivity contribution in [2.24, 2.45) is 0 Å². The molecule has 0 aromatic carbocycles. The van der Waals surface area contributed by atoms with Crippen LogP contribution >= 0.6 is 0 Å². The number of ether oxygens (including phenoxy) is 13. The van der Waals surface area contributed by atoms with Crippen molar-refractivity contribution in [1.29, 1.82) is 0 Å². The highest BCUT2D eigenvalue weighted by molar-refractivity contribution is 5.73. The van der Waals surface area contributed by atoms with Gasteiger partial charge in [-0.3, -0.25) is 9.59 Å². The maximum absolute atomic E-state index is 12.8. The zero-order chi connectivity index (χ0) is 60.3. The van der Waals surface area contributed by atoms with Gasteiger partial charge in [0.25, 0.3) is 0 Å². The van der Waals surface area contributed by atoms with Gasteiger partial charge in [-0.05, 0) is 0 Å². The summed E-state index contributed by atoms with van der Waals surface area (Å²) in [6, 6.07) is -3.43. The highest BCUT2D eigenvalue weighted by atomic mass is 16.8. The van der Waals surface area contributed by atoms with E-state index >= 15 is 0 Å². The van der Waals surface area contributed by atoms with Gasteiger partial charge in [0.2, 0.25) is 11.8 Å². The molecule has 37 nitrogen and oxygen atoms in total. The van der Waals surface area contributed by atoms with Crippen molar-refractivity contribution in [2.75, 3.05) is 46.2 Å². The number of carbonyl (C=O) groups is 2. The molecule has 7 saturated heterocycles. The molecule has 82 heavy (non-hydrogen) atoms. The van der Waals surface area contributed by atoms with Crippen molar-refractivity contribution in [3.05, 3.63) is 0 Å². The molecule has 7 aliphatic rings. The van der Waals surface area contributed by atoms with Crippen LogP contribution in [0.1, 0.15) is 13.8 Å². The molecule has 0 aliphatic carbocycles. The Balaban J connectivity index is 1.24. The van der Waals surface area contributed by atoms with Gasteiger partial charge in [0.1, 0.15) is 165 Å². The summed E-state index contributed by atoms with van der Waals surface area (Å²) in [5.74, 6) is -1.63. The molecule has 0 bridgehead atoms. The number of hydrogen-bond donors (Lipinski definition) is 22. The van der Waals surface area contributed by atoms with Gasteiger partial charge in [-0.15, -0.1) is 0 Å². The maximum Gasteiger partial charge on any atom is 0.217 e. The first-order valence-electron chi connectivity index (χ1n) is 26.0. The number of nitrogens with one attached hydrogen (secondary N) is 2. The Hall–Kier alpha value is -2.38. The number of rotatable bonds is 20. The first-order valence-corrected chi connectivity index (χ1v) is 26.0. The van der Waals surface area contributed by atoms with E-state index < -0.39 is 267 Å². The molecule has 34 atom stereocenters. The predicted octanol–water partition coefficient (Wildman–Crippen LogP) is -15.3. The van der Waals surface area contributed by atoms with Crippen LogP contribution in [0.3, 0.4) is 0 Å². The summed E-state index contributed by atoms with van der Waals surface area (Å²) >= 11 is 0. The van der Waals surface area contributed by atoms with E-state index in [1.807, 2.05) is 0 Å². The molecule has 37 heteroatoms. The molecule has 0 aromatic rings. The summed E-state index contributed by atoms with van der Waals surface area (Å²) in [7, 11) is 0. The van der Waals surface area contributed by atoms with Gasteiger partial charge in [0, 0.05) is 13.8 Å². The van der Waals surface area contributed by atoms with Crippen molar-refractivity contribution >= 4 is 11.8 Å². The number of hydrogen-bond acceptors (Lipinski definition) is 35. The Labute approximate surface area is 464 Å². The second-order valence-electron chi connectivity index (χ2n) is 20.6. The Bertz CT molecular complexity index is 2010. The van der Waals surface area contributed by atoms with Crippen LogP contribution in [-0.4, -0.2) is 369 Å². The molecule has 0 spiro atoms. The molecule has 22 N–H and O–H groups in total. The minimum atomic E-state index is -2.29. The van der Waals surface area contributed by atoms with Crippen molar-refractivity contribution in [3.8, 4) is 0 Å². The van der Waals surface area contributed by atoms with Gasteiger partial charge < -0.3 is 174 Å². The lowest BCUT2D eigenvalue weighted by atomic mass is 9.93. The van der Waals surface area contributed by atoms with E-state index in [0.29, 0.717) is 0 Å². The second-order valence-corrected chi connectivity index (χ2v) is 20.6. The topological polar surface area (TPSA) is 583 Å². The Morgan fingerprint density at radius 3 is 1.30 bits per heavy atom. The summed E-state index contributed by atoms with van der Waals surface area (Å²) in [6.07, 6.45) is -63.5. The van der Waals surface area contributed by atoms with E-state index in [4.69, 9.17) is 61.6 Å². The number of carbonyl (C=O) groups excluding carboxylic acids is 2. The number of aliphatic hydroxyl groups excluding tert-OH is 20. The van der Waals surface area contributed by atoms with Crippen molar-refractivity contribution in [1.82, 2.24) is 10.6 Å². The van der Waals surface area contributed by atoms with Crippen LogP contribution in [0.15, 0.2) is 0 Å². The van der Waals surface area contributed by atoms with Gasteiger partial charge in [-0.25, -0.2) is 0 Å². The van der Waals surface area contributed by atoms with E-state index in [-0.39, 0.29) is 0 Å². The third kappa shape index (κ3) is 14.4. The molecule has 2 amide bonds.